The molecule has 0 fully saturated rings. The van der Waals surface area contributed by atoms with E-state index in [2.05, 4.69) is 5.32 Å². The van der Waals surface area contributed by atoms with Gasteiger partial charge in [-0.05, 0) is 38.3 Å². The molecule has 0 bridgehead atoms. The average molecular weight is 249 g/mol. The van der Waals surface area contributed by atoms with Crippen LogP contribution in [0.5, 0.6) is 0 Å². The number of hydrogen-bond acceptors (Lipinski definition) is 3. The summed E-state index contributed by atoms with van der Waals surface area (Å²) in [7, 11) is 7.47. The van der Waals surface area contributed by atoms with Crippen molar-refractivity contribution in [3.05, 3.63) is 0 Å². The van der Waals surface area contributed by atoms with Gasteiger partial charge in [-0.15, -0.1) is 0 Å². The highest BCUT2D eigenvalue weighted by atomic mass is 32.1. The third-order valence-electron chi connectivity index (χ3n) is 1.03. The molecule has 0 saturated carbocycles. The van der Waals surface area contributed by atoms with Gasteiger partial charge in [0.25, 0.3) is 0 Å². The Balaban J connectivity index is 0. The van der Waals surface area contributed by atoms with Gasteiger partial charge in [0, 0.05) is 28.2 Å². The van der Waals surface area contributed by atoms with Crippen LogP contribution >= 0.6 is 24.4 Å². The quantitative estimate of drug-likeness (QED) is 0.642. The predicted molar refractivity (Wildman–Crippen MR) is 72.1 cm³/mol. The van der Waals surface area contributed by atoms with E-state index < -0.39 is 0 Å². The van der Waals surface area contributed by atoms with E-state index in [0.717, 1.165) is 0 Å². The maximum Gasteiger partial charge on any atom is 0.174 e. The predicted octanol–water partition coefficient (Wildman–Crippen LogP) is 0.864. The maximum atomic E-state index is 9.44. The van der Waals surface area contributed by atoms with E-state index in [4.69, 9.17) is 24.4 Å². The first-order chi connectivity index (χ1) is 6.68. The average Bonchev–Trinajstić information content (AvgIpc) is 2.02. The molecule has 4 nitrogen and oxygen atoms in total. The Bertz CT molecular complexity index is 218. The number of nitrogens with one attached hydrogen (secondary N) is 1. The monoisotopic (exact) mass is 249 g/mol. The molecular formula is C9H19N3OS2. The number of hydrogen-bond donors (Lipinski definition) is 1. The van der Waals surface area contributed by atoms with Gasteiger partial charge in [0.05, 0.1) is 0 Å². The van der Waals surface area contributed by atoms with Crippen LogP contribution in [0.25, 0.3) is 0 Å². The van der Waals surface area contributed by atoms with E-state index >= 15 is 0 Å². The molecule has 0 heterocycles. The van der Waals surface area contributed by atoms with Gasteiger partial charge in [-0.25, -0.2) is 0 Å². The summed E-state index contributed by atoms with van der Waals surface area (Å²) in [6, 6.07) is 0. The van der Waals surface area contributed by atoms with Gasteiger partial charge in [-0.3, -0.25) is 0 Å². The van der Waals surface area contributed by atoms with Crippen LogP contribution < -0.4 is 5.32 Å². The van der Waals surface area contributed by atoms with Crippen molar-refractivity contribution < 1.29 is 4.79 Å². The molecule has 0 aromatic carbocycles. The largest absolute Gasteiger partial charge is 0.355 e. The minimum Gasteiger partial charge on any atom is -0.355 e. The van der Waals surface area contributed by atoms with Gasteiger partial charge < -0.3 is 19.9 Å². The number of carbonyl (C=O) groups excluding carboxylic acids is 1. The minimum atomic E-state index is 0.167. The molecule has 88 valence electrons. The third-order valence-corrected chi connectivity index (χ3v) is 1.96. The Morgan fingerprint density at radius 1 is 0.933 bits per heavy atom. The van der Waals surface area contributed by atoms with Crippen molar-refractivity contribution in [3.8, 4) is 0 Å². The van der Waals surface area contributed by atoms with Gasteiger partial charge in [-0.2, -0.15) is 0 Å². The van der Waals surface area contributed by atoms with Crippen molar-refractivity contribution in [2.75, 3.05) is 28.2 Å². The Morgan fingerprint density at radius 2 is 1.13 bits per heavy atom. The van der Waals surface area contributed by atoms with Gasteiger partial charge in [0.2, 0.25) is 0 Å². The lowest BCUT2D eigenvalue weighted by molar-refractivity contribution is -0.114. The van der Waals surface area contributed by atoms with Crippen molar-refractivity contribution >= 4 is 40.4 Å². The topological polar surface area (TPSA) is 35.6 Å². The minimum absolute atomic E-state index is 0.167. The molecule has 0 rings (SSSR count). The van der Waals surface area contributed by atoms with Crippen molar-refractivity contribution in [1.29, 1.82) is 0 Å². The van der Waals surface area contributed by atoms with Gasteiger partial charge in [0.15, 0.2) is 10.2 Å². The maximum absolute atomic E-state index is 9.44. The molecule has 0 amide bonds. The first-order valence-corrected chi connectivity index (χ1v) is 5.16. The van der Waals surface area contributed by atoms with Crippen LogP contribution in [0.1, 0.15) is 13.8 Å². The molecule has 0 aliphatic heterocycles. The highest BCUT2D eigenvalue weighted by molar-refractivity contribution is 7.81. The van der Waals surface area contributed by atoms with Crippen LogP contribution in [0, 0.1) is 0 Å². The second-order valence-corrected chi connectivity index (χ2v) is 4.21. The molecule has 0 aliphatic rings. The van der Waals surface area contributed by atoms with Crippen molar-refractivity contribution in [3.63, 3.8) is 0 Å². The van der Waals surface area contributed by atoms with Crippen molar-refractivity contribution in [2.45, 2.75) is 13.8 Å². The molecular weight excluding hydrogens is 230 g/mol. The second-order valence-electron chi connectivity index (χ2n) is 3.43. The molecule has 0 aliphatic carbocycles. The summed E-state index contributed by atoms with van der Waals surface area (Å²) >= 11 is 9.95. The van der Waals surface area contributed by atoms with Gasteiger partial charge in [-0.1, -0.05) is 0 Å². The SMILES string of the molecule is CC(C)=O.CN(C)C(=S)NC(=S)N(C)C. The number of carbonyl (C=O) groups is 1. The summed E-state index contributed by atoms with van der Waals surface area (Å²) in [4.78, 5) is 13.0. The van der Waals surface area contributed by atoms with Crippen LogP contribution in [0.3, 0.4) is 0 Å². The Kier molecular flexibility index (Phi) is 9.50. The fourth-order valence-corrected chi connectivity index (χ4v) is 0.573. The summed E-state index contributed by atoms with van der Waals surface area (Å²) in [6.07, 6.45) is 0. The summed E-state index contributed by atoms with van der Waals surface area (Å²) < 4.78 is 0. The second kappa shape index (κ2) is 8.55. The van der Waals surface area contributed by atoms with Crippen LogP contribution in [0.2, 0.25) is 0 Å². The Labute approximate surface area is 103 Å². The molecule has 1 N–H and O–H groups in total. The zero-order valence-electron chi connectivity index (χ0n) is 10.1. The van der Waals surface area contributed by atoms with Crippen molar-refractivity contribution in [1.82, 2.24) is 15.1 Å². The van der Waals surface area contributed by atoms with Crippen LogP contribution in [0.4, 0.5) is 0 Å². The van der Waals surface area contributed by atoms with Crippen LogP contribution in [0.15, 0.2) is 0 Å². The molecule has 0 atom stereocenters. The number of rotatable bonds is 0. The molecule has 0 radical (unpaired) electrons. The van der Waals surface area contributed by atoms with Gasteiger partial charge in [0.1, 0.15) is 5.78 Å². The zero-order chi connectivity index (χ0) is 12.6. The molecule has 0 spiro atoms. The summed E-state index contributed by atoms with van der Waals surface area (Å²) in [5.74, 6) is 0.167. The number of thiocarbonyl (C=S) groups is 2. The summed E-state index contributed by atoms with van der Waals surface area (Å²) in [6.45, 7) is 3.06. The molecule has 0 aromatic heterocycles. The lowest BCUT2D eigenvalue weighted by atomic mass is 10.6. The van der Waals surface area contributed by atoms with E-state index in [1.165, 1.54) is 13.8 Å². The smallest absolute Gasteiger partial charge is 0.174 e. The lowest BCUT2D eigenvalue weighted by Crippen LogP contribution is -2.43. The van der Waals surface area contributed by atoms with E-state index in [-0.39, 0.29) is 5.78 Å². The fraction of sp³-hybridized carbons (Fsp3) is 0.667. The molecule has 6 heteroatoms. The Hall–Kier alpha value is -0.750. The first-order valence-electron chi connectivity index (χ1n) is 4.35. The first kappa shape index (κ1) is 16.7. The summed E-state index contributed by atoms with van der Waals surface area (Å²) in [5.41, 5.74) is 0. The number of ketones is 1. The molecule has 15 heavy (non-hydrogen) atoms. The normalized spacial score (nSPS) is 8.13. The van der Waals surface area contributed by atoms with E-state index in [1.807, 2.05) is 28.2 Å². The highest BCUT2D eigenvalue weighted by Crippen LogP contribution is 1.82. The molecule has 0 saturated heterocycles. The Morgan fingerprint density at radius 3 is 1.27 bits per heavy atom. The van der Waals surface area contributed by atoms with Crippen LogP contribution in [-0.2, 0) is 4.79 Å². The number of Topliss-reactive ketones (excluding diaryl/α,β-unsaturated/α-hetero) is 1. The van der Waals surface area contributed by atoms with Crippen LogP contribution in [-0.4, -0.2) is 54.0 Å². The third kappa shape index (κ3) is 13.2. The van der Waals surface area contributed by atoms with Gasteiger partial charge >= 0.3 is 0 Å². The highest BCUT2D eigenvalue weighted by Gasteiger charge is 2.02. The van der Waals surface area contributed by atoms with E-state index in [9.17, 15) is 4.79 Å². The van der Waals surface area contributed by atoms with Crippen molar-refractivity contribution in [2.24, 2.45) is 0 Å². The zero-order valence-corrected chi connectivity index (χ0v) is 11.8. The molecule has 0 aromatic rings. The lowest BCUT2D eigenvalue weighted by Gasteiger charge is -2.19. The standard InChI is InChI=1S/C6H13N3S2.C3H6O/c1-8(2)5(10)7-6(11)9(3)4;1-3(2)4/h1-4H3,(H,7,10,11);1-2H3. The van der Waals surface area contributed by atoms with E-state index in [0.29, 0.717) is 10.2 Å². The fourth-order valence-electron chi connectivity index (χ4n) is 0.315. The summed E-state index contributed by atoms with van der Waals surface area (Å²) in [5, 5.41) is 4.15. The molecule has 0 unspecified atom stereocenters. The van der Waals surface area contributed by atoms with E-state index in [1.54, 1.807) is 9.80 Å². The number of nitrogens with zero attached hydrogens (tertiary/aromatic N) is 2.